The summed E-state index contributed by atoms with van der Waals surface area (Å²) in [7, 11) is -6.98. The lowest BCUT2D eigenvalue weighted by atomic mass is 10.0. The number of nitrogens with one attached hydrogen (secondary N) is 1. The molecule has 0 aliphatic carbocycles. The van der Waals surface area contributed by atoms with Gasteiger partial charge in [0.05, 0.1) is 16.4 Å². The van der Waals surface area contributed by atoms with Crippen LogP contribution in [-0.2, 0) is 19.9 Å². The van der Waals surface area contributed by atoms with E-state index in [0.717, 1.165) is 0 Å². The fraction of sp³-hybridized carbons (Fsp3) is 0.455. The molecule has 19 heavy (non-hydrogen) atoms. The Hall–Kier alpha value is -1.12. The molecular weight excluding hydrogens is 290 g/mol. The zero-order valence-electron chi connectivity index (χ0n) is 10.3. The van der Waals surface area contributed by atoms with Gasteiger partial charge in [0.2, 0.25) is 10.0 Å². The number of rotatable bonds is 3. The van der Waals surface area contributed by atoms with E-state index in [0.29, 0.717) is 0 Å². The van der Waals surface area contributed by atoms with Crippen LogP contribution in [-0.4, -0.2) is 39.0 Å². The van der Waals surface area contributed by atoms with Gasteiger partial charge in [-0.25, -0.2) is 21.6 Å². The zero-order chi connectivity index (χ0) is 14.3. The molecule has 1 aliphatic rings. The van der Waals surface area contributed by atoms with Gasteiger partial charge in [-0.1, -0.05) is 0 Å². The molecular formula is C11H15NO5S2. The first kappa shape index (κ1) is 14.3. The van der Waals surface area contributed by atoms with E-state index in [1.807, 2.05) is 0 Å². The third-order valence-electron chi connectivity index (χ3n) is 3.03. The van der Waals surface area contributed by atoms with Gasteiger partial charge in [0.15, 0.2) is 9.84 Å². The van der Waals surface area contributed by atoms with Crippen molar-refractivity contribution >= 4 is 19.9 Å². The lowest BCUT2D eigenvalue weighted by Crippen LogP contribution is -2.46. The van der Waals surface area contributed by atoms with Gasteiger partial charge in [0.1, 0.15) is 5.75 Å². The molecule has 0 saturated carbocycles. The third-order valence-corrected chi connectivity index (χ3v) is 6.59. The number of phenolic OH excluding ortho intramolecular Hbond substituents is 1. The number of aromatic hydroxyl groups is 1. The van der Waals surface area contributed by atoms with Crippen LogP contribution in [0.25, 0.3) is 0 Å². The molecule has 1 heterocycles. The number of sulfone groups is 1. The van der Waals surface area contributed by atoms with Gasteiger partial charge in [0, 0.05) is 5.54 Å². The third kappa shape index (κ3) is 3.26. The molecule has 1 saturated heterocycles. The maximum atomic E-state index is 12.1. The first-order valence-electron chi connectivity index (χ1n) is 5.65. The molecule has 106 valence electrons. The van der Waals surface area contributed by atoms with Crippen LogP contribution in [0.5, 0.6) is 5.75 Å². The molecule has 1 aromatic rings. The van der Waals surface area contributed by atoms with Gasteiger partial charge in [-0.3, -0.25) is 0 Å². The normalized spacial score (nSPS) is 26.4. The first-order valence-corrected chi connectivity index (χ1v) is 8.96. The van der Waals surface area contributed by atoms with E-state index in [1.165, 1.54) is 24.3 Å². The fourth-order valence-electron chi connectivity index (χ4n) is 2.10. The molecule has 6 nitrogen and oxygen atoms in total. The Kier molecular flexibility index (Phi) is 3.36. The minimum atomic E-state index is -3.79. The summed E-state index contributed by atoms with van der Waals surface area (Å²) in [6.45, 7) is 1.58. The van der Waals surface area contributed by atoms with Crippen molar-refractivity contribution in [2.24, 2.45) is 0 Å². The van der Waals surface area contributed by atoms with Crippen molar-refractivity contribution in [3.05, 3.63) is 24.3 Å². The highest BCUT2D eigenvalue weighted by Crippen LogP contribution is 2.25. The highest BCUT2D eigenvalue weighted by molar-refractivity contribution is 7.92. The summed E-state index contributed by atoms with van der Waals surface area (Å²) < 4.78 is 49.6. The van der Waals surface area contributed by atoms with E-state index < -0.39 is 25.4 Å². The summed E-state index contributed by atoms with van der Waals surface area (Å²) >= 11 is 0. The SMILES string of the molecule is CC1(NS(=O)(=O)c2ccc(O)cc2)CCS(=O)(=O)C1. The molecule has 1 atom stereocenters. The maximum absolute atomic E-state index is 12.1. The van der Waals surface area contributed by atoms with Crippen LogP contribution < -0.4 is 4.72 Å². The number of sulfonamides is 1. The van der Waals surface area contributed by atoms with E-state index in [2.05, 4.69) is 4.72 Å². The Labute approximate surface area is 112 Å². The van der Waals surface area contributed by atoms with Crippen molar-refractivity contribution < 1.29 is 21.9 Å². The van der Waals surface area contributed by atoms with Crippen LogP contribution in [0.1, 0.15) is 13.3 Å². The van der Waals surface area contributed by atoms with Gasteiger partial charge in [-0.15, -0.1) is 0 Å². The van der Waals surface area contributed by atoms with E-state index in [1.54, 1.807) is 6.92 Å². The number of hydrogen-bond donors (Lipinski definition) is 2. The zero-order valence-corrected chi connectivity index (χ0v) is 12.0. The van der Waals surface area contributed by atoms with Gasteiger partial charge in [-0.2, -0.15) is 0 Å². The average molecular weight is 305 g/mol. The predicted molar refractivity (Wildman–Crippen MR) is 70.1 cm³/mol. The van der Waals surface area contributed by atoms with Gasteiger partial charge < -0.3 is 5.11 Å². The molecule has 0 spiro atoms. The van der Waals surface area contributed by atoms with E-state index >= 15 is 0 Å². The summed E-state index contributed by atoms with van der Waals surface area (Å²) in [6.07, 6.45) is 0.257. The Bertz CT molecular complexity index is 678. The molecule has 0 aromatic heterocycles. The monoisotopic (exact) mass is 305 g/mol. The second kappa shape index (κ2) is 4.46. The molecule has 0 radical (unpaired) electrons. The van der Waals surface area contributed by atoms with Gasteiger partial charge >= 0.3 is 0 Å². The van der Waals surface area contributed by atoms with Gasteiger partial charge in [-0.05, 0) is 37.6 Å². The highest BCUT2D eigenvalue weighted by Gasteiger charge is 2.41. The topological polar surface area (TPSA) is 101 Å². The Balaban J connectivity index is 2.25. The lowest BCUT2D eigenvalue weighted by Gasteiger charge is -2.23. The molecule has 0 amide bonds. The highest BCUT2D eigenvalue weighted by atomic mass is 32.2. The molecule has 1 aromatic carbocycles. The predicted octanol–water partition coefficient (Wildman–Crippen LogP) is 0.248. The van der Waals surface area contributed by atoms with Crippen molar-refractivity contribution in [2.75, 3.05) is 11.5 Å². The Morgan fingerprint density at radius 2 is 1.84 bits per heavy atom. The van der Waals surface area contributed by atoms with E-state index in [9.17, 15) is 16.8 Å². The Morgan fingerprint density at radius 1 is 1.26 bits per heavy atom. The number of hydrogen-bond acceptors (Lipinski definition) is 5. The summed E-state index contributed by atoms with van der Waals surface area (Å²) in [5, 5.41) is 9.13. The van der Waals surface area contributed by atoms with Crippen LogP contribution in [0.2, 0.25) is 0 Å². The summed E-state index contributed by atoms with van der Waals surface area (Å²) in [5.41, 5.74) is -0.977. The number of phenols is 1. The quantitative estimate of drug-likeness (QED) is 0.833. The minimum Gasteiger partial charge on any atom is -0.508 e. The average Bonchev–Trinajstić information content (AvgIpc) is 2.52. The second-order valence-electron chi connectivity index (χ2n) is 5.00. The summed E-state index contributed by atoms with van der Waals surface area (Å²) in [6, 6.07) is 5.07. The molecule has 1 fully saturated rings. The molecule has 2 rings (SSSR count). The Morgan fingerprint density at radius 3 is 2.32 bits per heavy atom. The van der Waals surface area contributed by atoms with E-state index in [-0.39, 0.29) is 28.6 Å². The summed E-state index contributed by atoms with van der Waals surface area (Å²) in [4.78, 5) is -0.00387. The smallest absolute Gasteiger partial charge is 0.241 e. The van der Waals surface area contributed by atoms with Crippen molar-refractivity contribution in [2.45, 2.75) is 23.8 Å². The standard InChI is InChI=1S/C11H15NO5S2/c1-11(6-7-18(14,15)8-11)12-19(16,17)10-4-2-9(13)3-5-10/h2-5,12-13H,6-8H2,1H3. The maximum Gasteiger partial charge on any atom is 0.241 e. The van der Waals surface area contributed by atoms with Crippen molar-refractivity contribution in [1.29, 1.82) is 0 Å². The molecule has 1 unspecified atom stereocenters. The first-order chi connectivity index (χ1) is 8.62. The van der Waals surface area contributed by atoms with Crippen LogP contribution in [0.3, 0.4) is 0 Å². The molecule has 1 aliphatic heterocycles. The molecule has 0 bridgehead atoms. The lowest BCUT2D eigenvalue weighted by molar-refractivity contribution is 0.461. The van der Waals surface area contributed by atoms with Crippen LogP contribution >= 0.6 is 0 Å². The molecule has 8 heteroatoms. The largest absolute Gasteiger partial charge is 0.508 e. The number of benzene rings is 1. The summed E-state index contributed by atoms with van der Waals surface area (Å²) in [5.74, 6) is -0.243. The van der Waals surface area contributed by atoms with Crippen LogP contribution in [0.15, 0.2) is 29.2 Å². The van der Waals surface area contributed by atoms with Crippen LogP contribution in [0, 0.1) is 0 Å². The minimum absolute atomic E-state index is 0.00387. The fourth-order valence-corrected chi connectivity index (χ4v) is 5.72. The van der Waals surface area contributed by atoms with Crippen molar-refractivity contribution in [1.82, 2.24) is 4.72 Å². The molecule has 2 N–H and O–H groups in total. The van der Waals surface area contributed by atoms with Crippen LogP contribution in [0.4, 0.5) is 0 Å². The second-order valence-corrected chi connectivity index (χ2v) is 8.87. The van der Waals surface area contributed by atoms with Gasteiger partial charge in [0.25, 0.3) is 0 Å². The van der Waals surface area contributed by atoms with Crippen molar-refractivity contribution in [3.63, 3.8) is 0 Å². The van der Waals surface area contributed by atoms with E-state index in [4.69, 9.17) is 5.11 Å². The van der Waals surface area contributed by atoms with Crippen molar-refractivity contribution in [3.8, 4) is 5.75 Å².